The summed E-state index contributed by atoms with van der Waals surface area (Å²) in [4.78, 5) is 30.0. The first-order valence-electron chi connectivity index (χ1n) is 10.5. The van der Waals surface area contributed by atoms with Crippen molar-refractivity contribution in [3.8, 4) is 0 Å². The number of nitrogens with zero attached hydrogens (tertiary/aromatic N) is 4. The van der Waals surface area contributed by atoms with Crippen LogP contribution in [0.1, 0.15) is 25.6 Å². The fourth-order valence-electron chi connectivity index (χ4n) is 4.13. The minimum Gasteiger partial charge on any atom is -0.472 e. The first-order valence-corrected chi connectivity index (χ1v) is 10.5. The predicted molar refractivity (Wildman–Crippen MR) is 114 cm³/mol. The van der Waals surface area contributed by atoms with Crippen molar-refractivity contribution >= 4 is 29.3 Å². The molecule has 4 rings (SSSR count). The van der Waals surface area contributed by atoms with Gasteiger partial charge < -0.3 is 15.3 Å². The van der Waals surface area contributed by atoms with E-state index in [4.69, 9.17) is 0 Å². The molecule has 3 aliphatic rings. The van der Waals surface area contributed by atoms with Crippen LogP contribution in [-0.2, 0) is 11.3 Å². The highest BCUT2D eigenvalue weighted by atomic mass is 19.4. The lowest BCUT2D eigenvalue weighted by atomic mass is 9.95. The molecule has 1 fully saturated rings. The number of allylic oxidation sites excluding steroid dienone is 2. The van der Waals surface area contributed by atoms with Crippen LogP contribution in [0.3, 0.4) is 0 Å². The smallest absolute Gasteiger partial charge is 0.433 e. The highest BCUT2D eigenvalue weighted by Gasteiger charge is 2.43. The van der Waals surface area contributed by atoms with Gasteiger partial charge in [0.1, 0.15) is 17.3 Å². The summed E-state index contributed by atoms with van der Waals surface area (Å²) in [7, 11) is 0. The molecule has 8 nitrogen and oxygen atoms in total. The van der Waals surface area contributed by atoms with Crippen molar-refractivity contribution in [2.24, 2.45) is 5.92 Å². The van der Waals surface area contributed by atoms with Crippen LogP contribution in [-0.4, -0.2) is 63.8 Å². The second-order valence-electron chi connectivity index (χ2n) is 8.38. The Hall–Kier alpha value is -3.47. The van der Waals surface area contributed by atoms with E-state index in [9.17, 15) is 36.6 Å². The van der Waals surface area contributed by atoms with Crippen LogP contribution in [0.2, 0.25) is 0 Å². The third-order valence-corrected chi connectivity index (χ3v) is 5.99. The van der Waals surface area contributed by atoms with Gasteiger partial charge in [-0.15, -0.1) is 0 Å². The summed E-state index contributed by atoms with van der Waals surface area (Å²) in [5.41, 5.74) is -0.902. The number of alkyl halides is 5. The maximum atomic E-state index is 13.6. The number of carboxylic acids is 1. The van der Waals surface area contributed by atoms with Crippen molar-refractivity contribution in [3.63, 3.8) is 0 Å². The molecule has 182 valence electrons. The Morgan fingerprint density at radius 1 is 1.32 bits per heavy atom. The van der Waals surface area contributed by atoms with Crippen LogP contribution < -0.4 is 20.4 Å². The molecule has 0 spiro atoms. The average molecular weight is 486 g/mol. The molecule has 1 unspecified atom stereocenters. The van der Waals surface area contributed by atoms with Gasteiger partial charge in [0, 0.05) is 44.1 Å². The van der Waals surface area contributed by atoms with Gasteiger partial charge in [0.15, 0.2) is 0 Å². The van der Waals surface area contributed by atoms with Gasteiger partial charge in [-0.05, 0) is 6.92 Å². The standard InChI is InChI=1S/C21H20F5N5O3/c1-11(28-14-2-5-27-17(14)19(33)34)13-8-12(21(24,25)26)10-31-16(32)9-15(29-18(13)31)30-6-3-20(22,23)4-7-30/h2,5,8-9,11-12H,3-4,6-7,10H2,1H3,(H,33,34)/p+1/t11-,12?/m1/s1. The summed E-state index contributed by atoms with van der Waals surface area (Å²) < 4.78 is 72.6. The number of aromatic nitrogens is 2. The number of anilines is 1. The molecule has 13 heteroatoms. The van der Waals surface area contributed by atoms with E-state index >= 15 is 0 Å². The lowest BCUT2D eigenvalue weighted by molar-refractivity contribution is -0.165. The number of nitrogens with one attached hydrogen (secondary N) is 1. The van der Waals surface area contributed by atoms with Gasteiger partial charge in [-0.3, -0.25) is 9.36 Å². The number of rotatable bonds is 5. The molecule has 1 saturated heterocycles. The Bertz CT molecular complexity index is 1200. The zero-order valence-electron chi connectivity index (χ0n) is 17.9. The van der Waals surface area contributed by atoms with Crippen LogP contribution in [0.15, 0.2) is 28.7 Å². The second-order valence-corrected chi connectivity index (χ2v) is 8.38. The number of halogens is 5. The van der Waals surface area contributed by atoms with E-state index in [0.29, 0.717) is 0 Å². The van der Waals surface area contributed by atoms with E-state index < -0.39 is 55.0 Å². The van der Waals surface area contributed by atoms with E-state index in [-0.39, 0.29) is 41.7 Å². The Kier molecular flexibility index (Phi) is 5.84. The molecular formula is C21H21F5N5O3+. The van der Waals surface area contributed by atoms with Crippen molar-refractivity contribution in [2.45, 2.75) is 44.5 Å². The largest absolute Gasteiger partial charge is 0.472 e. The normalized spacial score (nSPS) is 22.5. The molecule has 4 heterocycles. The predicted octanol–water partition coefficient (Wildman–Crippen LogP) is 1.59. The minimum absolute atomic E-state index is 0.0308. The third kappa shape index (κ3) is 4.60. The summed E-state index contributed by atoms with van der Waals surface area (Å²) in [5, 5.41) is 12.1. The Labute approximate surface area is 189 Å². The minimum atomic E-state index is -4.63. The monoisotopic (exact) mass is 486 g/mol. The Balaban J connectivity index is 1.71. The lowest BCUT2D eigenvalue weighted by Gasteiger charge is -2.34. The summed E-state index contributed by atoms with van der Waals surface area (Å²) in [6.07, 6.45) is -1.90. The molecular weight excluding hydrogens is 465 g/mol. The summed E-state index contributed by atoms with van der Waals surface area (Å²) in [5.74, 6) is -6.02. The highest BCUT2D eigenvalue weighted by Crippen LogP contribution is 2.36. The van der Waals surface area contributed by atoms with E-state index in [2.05, 4.69) is 15.0 Å². The molecule has 0 aliphatic carbocycles. The molecule has 0 amide bonds. The first kappa shape index (κ1) is 23.7. The molecule has 1 aromatic heterocycles. The molecule has 0 aromatic carbocycles. The van der Waals surface area contributed by atoms with Crippen LogP contribution in [0.5, 0.6) is 0 Å². The molecule has 0 radical (unpaired) electrons. The lowest BCUT2D eigenvalue weighted by Crippen LogP contribution is -2.43. The van der Waals surface area contributed by atoms with E-state index in [1.54, 1.807) is 0 Å². The van der Waals surface area contributed by atoms with Crippen LogP contribution >= 0.6 is 0 Å². The van der Waals surface area contributed by atoms with Crippen molar-refractivity contribution < 1.29 is 31.9 Å². The summed E-state index contributed by atoms with van der Waals surface area (Å²) in [6, 6.07) is 0.178. The van der Waals surface area contributed by atoms with E-state index in [0.717, 1.165) is 16.7 Å². The molecule has 0 bridgehead atoms. The first-order chi connectivity index (χ1) is 15.9. The fourth-order valence-corrected chi connectivity index (χ4v) is 4.13. The number of hydrogen-bond acceptors (Lipinski definition) is 5. The zero-order valence-corrected chi connectivity index (χ0v) is 17.9. The molecule has 34 heavy (non-hydrogen) atoms. The van der Waals surface area contributed by atoms with Crippen molar-refractivity contribution in [2.75, 3.05) is 18.0 Å². The fraction of sp³-hybridized carbons (Fsp3) is 0.476. The zero-order chi connectivity index (χ0) is 24.8. The summed E-state index contributed by atoms with van der Waals surface area (Å²) >= 11 is 0. The number of aliphatic carboxylic acids is 1. The highest BCUT2D eigenvalue weighted by molar-refractivity contribution is 6.43. The van der Waals surface area contributed by atoms with Gasteiger partial charge in [-0.25, -0.2) is 18.6 Å². The topological polar surface area (TPSA) is 102 Å². The average Bonchev–Trinajstić information content (AvgIpc) is 3.20. The number of fused-ring (bicyclic) bond motifs is 1. The molecule has 3 aliphatic heterocycles. The van der Waals surface area contributed by atoms with E-state index in [1.807, 2.05) is 0 Å². The van der Waals surface area contributed by atoms with Gasteiger partial charge >= 0.3 is 17.9 Å². The van der Waals surface area contributed by atoms with Crippen molar-refractivity contribution in [3.05, 3.63) is 40.1 Å². The maximum absolute atomic E-state index is 13.6. The van der Waals surface area contributed by atoms with Crippen molar-refractivity contribution in [1.82, 2.24) is 19.5 Å². The number of piperidine rings is 1. The van der Waals surface area contributed by atoms with Crippen LogP contribution in [0.4, 0.5) is 27.8 Å². The molecule has 0 saturated carbocycles. The summed E-state index contributed by atoms with van der Waals surface area (Å²) in [6.45, 7) is 0.732. The van der Waals surface area contributed by atoms with Crippen LogP contribution in [0, 0.1) is 5.92 Å². The Morgan fingerprint density at radius 2 is 2.00 bits per heavy atom. The van der Waals surface area contributed by atoms with Gasteiger partial charge in [0.25, 0.3) is 17.7 Å². The van der Waals surface area contributed by atoms with Gasteiger partial charge in [0.05, 0.1) is 18.0 Å². The number of carbonyl (C=O) groups is 1. The Morgan fingerprint density at radius 3 is 2.62 bits per heavy atom. The van der Waals surface area contributed by atoms with Crippen molar-refractivity contribution in [1.29, 1.82) is 0 Å². The second kappa shape index (κ2) is 8.39. The maximum Gasteiger partial charge on any atom is 0.433 e. The third-order valence-electron chi connectivity index (χ3n) is 5.99. The van der Waals surface area contributed by atoms with E-state index in [1.165, 1.54) is 24.1 Å². The van der Waals surface area contributed by atoms with Gasteiger partial charge in [-0.2, -0.15) is 13.2 Å². The van der Waals surface area contributed by atoms with Gasteiger partial charge in [0.2, 0.25) is 0 Å². The van der Waals surface area contributed by atoms with Gasteiger partial charge in [-0.1, -0.05) is 10.7 Å². The SMILES string of the molecule is C[C@@H](NC1=CC=[N+]=C1C(=O)O)C1=CC(C(F)(F)F)Cn2c1nc(N1CCC(F)(F)CC1)cc2=O. The molecule has 2 N–H and O–H groups in total. The number of hydrogen-bond donors (Lipinski definition) is 2. The quantitative estimate of drug-likeness (QED) is 0.485. The molecule has 2 atom stereocenters. The van der Waals surface area contributed by atoms with Crippen LogP contribution in [0.25, 0.3) is 5.57 Å². The molecule has 1 aromatic rings. The number of carboxylic acid groups (broad SMARTS) is 1.